The molecular weight excluding hydrogens is 445 g/mol. The molecule has 1 unspecified atom stereocenters. The molecule has 0 N–H and O–H groups in total. The quantitative estimate of drug-likeness (QED) is 0.419. The summed E-state index contributed by atoms with van der Waals surface area (Å²) >= 11 is 12.1. The van der Waals surface area contributed by atoms with E-state index in [1.165, 1.54) is 9.91 Å². The first-order valence-corrected chi connectivity index (χ1v) is 10.9. The van der Waals surface area contributed by atoms with Crippen LogP contribution in [0.2, 0.25) is 10.0 Å². The Morgan fingerprint density at radius 1 is 1.00 bits per heavy atom. The average Bonchev–Trinajstić information content (AvgIpc) is 3.17. The number of hydrogen-bond acceptors (Lipinski definition) is 3. The molecule has 0 radical (unpaired) electrons. The highest BCUT2D eigenvalue weighted by Gasteiger charge is 2.43. The number of halogens is 2. The number of urea groups is 1. The lowest BCUT2D eigenvalue weighted by Crippen LogP contribution is -2.44. The Hall–Kier alpha value is -2.86. The zero-order valence-electron chi connectivity index (χ0n) is 17.8. The largest absolute Gasteiger partial charge is 0.364 e. The summed E-state index contributed by atoms with van der Waals surface area (Å²) in [6, 6.07) is 24.4. The lowest BCUT2D eigenvalue weighted by atomic mass is 9.76. The maximum absolute atomic E-state index is 13.6. The number of carbonyl (C=O) groups excluding carboxylic acids is 1. The SMILES string of the molecule is COCN(C(=O)N1CC(C)(c2ccccc2)C(c2ccc(Cl)cc2)=N1)c1ccc(Cl)cc1. The van der Waals surface area contributed by atoms with Crippen molar-refractivity contribution in [1.82, 2.24) is 5.01 Å². The Morgan fingerprint density at radius 2 is 1.59 bits per heavy atom. The molecule has 2 amide bonds. The summed E-state index contributed by atoms with van der Waals surface area (Å²) in [4.78, 5) is 15.1. The minimum absolute atomic E-state index is 0.0881. The summed E-state index contributed by atoms with van der Waals surface area (Å²) in [5, 5.41) is 7.55. The number of amides is 2. The van der Waals surface area contributed by atoms with E-state index in [4.69, 9.17) is 33.0 Å². The molecule has 0 saturated heterocycles. The number of anilines is 1. The summed E-state index contributed by atoms with van der Waals surface area (Å²) in [7, 11) is 1.55. The molecule has 3 aromatic carbocycles. The standard InChI is InChI=1S/C25H23Cl2N3O2/c1-25(19-6-4-3-5-7-19)16-30(28-23(25)18-8-10-20(26)11-9-18)24(31)29(17-32-2)22-14-12-21(27)13-15-22/h3-15H,16-17H2,1-2H3. The second-order valence-corrected chi connectivity index (χ2v) is 8.69. The van der Waals surface area contributed by atoms with Crippen LogP contribution in [-0.2, 0) is 10.2 Å². The van der Waals surface area contributed by atoms with Crippen molar-refractivity contribution < 1.29 is 9.53 Å². The van der Waals surface area contributed by atoms with Gasteiger partial charge in [0, 0.05) is 22.8 Å². The van der Waals surface area contributed by atoms with Gasteiger partial charge in [0.25, 0.3) is 0 Å². The van der Waals surface area contributed by atoms with Crippen LogP contribution in [0.15, 0.2) is 84.0 Å². The van der Waals surface area contributed by atoms with Crippen molar-refractivity contribution in [3.8, 4) is 0 Å². The number of hydrazone groups is 1. The van der Waals surface area contributed by atoms with Crippen molar-refractivity contribution in [3.63, 3.8) is 0 Å². The second kappa shape index (κ2) is 9.33. The molecule has 164 valence electrons. The molecule has 32 heavy (non-hydrogen) atoms. The number of carbonyl (C=O) groups is 1. The van der Waals surface area contributed by atoms with E-state index in [1.54, 1.807) is 31.4 Å². The van der Waals surface area contributed by atoms with E-state index in [1.807, 2.05) is 42.5 Å². The predicted molar refractivity (Wildman–Crippen MR) is 130 cm³/mol. The Morgan fingerprint density at radius 3 is 2.19 bits per heavy atom. The minimum Gasteiger partial charge on any atom is -0.364 e. The maximum atomic E-state index is 13.6. The predicted octanol–water partition coefficient (Wildman–Crippen LogP) is 6.20. The molecule has 0 aromatic heterocycles. The fourth-order valence-electron chi connectivity index (χ4n) is 3.90. The van der Waals surface area contributed by atoms with Gasteiger partial charge in [-0.05, 0) is 54.4 Å². The van der Waals surface area contributed by atoms with Crippen molar-refractivity contribution in [3.05, 3.63) is 100 Å². The number of rotatable bonds is 5. The summed E-state index contributed by atoms with van der Waals surface area (Å²) in [5.74, 6) is 0. The zero-order chi connectivity index (χ0) is 22.7. The monoisotopic (exact) mass is 467 g/mol. The molecule has 5 nitrogen and oxygen atoms in total. The molecule has 1 aliphatic heterocycles. The van der Waals surface area contributed by atoms with Crippen LogP contribution in [0.25, 0.3) is 0 Å². The van der Waals surface area contributed by atoms with Crippen LogP contribution in [0.1, 0.15) is 18.1 Å². The van der Waals surface area contributed by atoms with Crippen LogP contribution in [-0.4, -0.2) is 37.1 Å². The van der Waals surface area contributed by atoms with Gasteiger partial charge in [0.05, 0.1) is 17.7 Å². The lowest BCUT2D eigenvalue weighted by Gasteiger charge is -2.29. The van der Waals surface area contributed by atoms with Crippen LogP contribution < -0.4 is 4.90 Å². The first-order valence-electron chi connectivity index (χ1n) is 10.2. The van der Waals surface area contributed by atoms with E-state index < -0.39 is 5.41 Å². The Labute approximate surface area is 197 Å². The van der Waals surface area contributed by atoms with Gasteiger partial charge in [-0.3, -0.25) is 4.90 Å². The third kappa shape index (κ3) is 4.37. The van der Waals surface area contributed by atoms with E-state index in [0.717, 1.165) is 16.8 Å². The Kier molecular flexibility index (Phi) is 6.51. The molecule has 4 rings (SSSR count). The van der Waals surface area contributed by atoms with Crippen molar-refractivity contribution >= 4 is 40.6 Å². The van der Waals surface area contributed by atoms with E-state index in [0.29, 0.717) is 22.3 Å². The molecule has 0 bridgehead atoms. The molecule has 1 atom stereocenters. The molecule has 0 saturated carbocycles. The fourth-order valence-corrected chi connectivity index (χ4v) is 4.15. The van der Waals surface area contributed by atoms with Gasteiger partial charge >= 0.3 is 6.03 Å². The van der Waals surface area contributed by atoms with E-state index >= 15 is 0 Å². The van der Waals surface area contributed by atoms with Crippen LogP contribution >= 0.6 is 23.2 Å². The molecule has 1 heterocycles. The van der Waals surface area contributed by atoms with Crippen molar-refractivity contribution in [2.24, 2.45) is 5.10 Å². The van der Waals surface area contributed by atoms with Gasteiger partial charge in [-0.25, -0.2) is 9.80 Å². The third-order valence-electron chi connectivity index (χ3n) is 5.59. The Balaban J connectivity index is 1.74. The summed E-state index contributed by atoms with van der Waals surface area (Å²) in [5.41, 5.74) is 2.98. The number of benzene rings is 3. The van der Waals surface area contributed by atoms with Gasteiger partial charge in [-0.15, -0.1) is 0 Å². The van der Waals surface area contributed by atoms with Gasteiger partial charge in [0.1, 0.15) is 6.73 Å². The van der Waals surface area contributed by atoms with E-state index in [-0.39, 0.29) is 12.8 Å². The van der Waals surface area contributed by atoms with Crippen LogP contribution in [0, 0.1) is 0 Å². The minimum atomic E-state index is -0.497. The molecule has 0 fully saturated rings. The zero-order valence-corrected chi connectivity index (χ0v) is 19.3. The average molecular weight is 468 g/mol. The number of methoxy groups -OCH3 is 1. The number of nitrogens with zero attached hydrogens (tertiary/aromatic N) is 3. The third-order valence-corrected chi connectivity index (χ3v) is 6.09. The highest BCUT2D eigenvalue weighted by molar-refractivity contribution is 6.31. The smallest absolute Gasteiger partial charge is 0.346 e. The highest BCUT2D eigenvalue weighted by atomic mass is 35.5. The van der Waals surface area contributed by atoms with Gasteiger partial charge in [0.2, 0.25) is 0 Å². The highest BCUT2D eigenvalue weighted by Crippen LogP contribution is 2.36. The number of hydrogen-bond donors (Lipinski definition) is 0. The molecule has 0 spiro atoms. The van der Waals surface area contributed by atoms with Crippen LogP contribution in [0.4, 0.5) is 10.5 Å². The van der Waals surface area contributed by atoms with Crippen molar-refractivity contribution in [2.45, 2.75) is 12.3 Å². The molecule has 1 aliphatic rings. The first kappa shape index (κ1) is 22.3. The summed E-state index contributed by atoms with van der Waals surface area (Å²) in [6.07, 6.45) is 0. The second-order valence-electron chi connectivity index (χ2n) is 7.82. The first-order chi connectivity index (χ1) is 15.4. The van der Waals surface area contributed by atoms with Crippen molar-refractivity contribution in [2.75, 3.05) is 25.3 Å². The van der Waals surface area contributed by atoms with Gasteiger partial charge in [-0.2, -0.15) is 5.10 Å². The topological polar surface area (TPSA) is 45.1 Å². The van der Waals surface area contributed by atoms with E-state index in [2.05, 4.69) is 19.1 Å². The van der Waals surface area contributed by atoms with Crippen LogP contribution in [0.5, 0.6) is 0 Å². The number of ether oxygens (including phenoxy) is 1. The fraction of sp³-hybridized carbons (Fsp3) is 0.200. The van der Waals surface area contributed by atoms with E-state index in [9.17, 15) is 4.79 Å². The summed E-state index contributed by atoms with van der Waals surface area (Å²) in [6.45, 7) is 2.58. The van der Waals surface area contributed by atoms with Gasteiger partial charge in [0.15, 0.2) is 0 Å². The van der Waals surface area contributed by atoms with Gasteiger partial charge in [-0.1, -0.05) is 65.7 Å². The molecular formula is C25H23Cl2N3O2. The molecule has 7 heteroatoms. The Bertz CT molecular complexity index is 1120. The van der Waals surface area contributed by atoms with Crippen LogP contribution in [0.3, 0.4) is 0 Å². The van der Waals surface area contributed by atoms with Gasteiger partial charge < -0.3 is 4.74 Å². The summed E-state index contributed by atoms with van der Waals surface area (Å²) < 4.78 is 5.31. The maximum Gasteiger partial charge on any atom is 0.346 e. The van der Waals surface area contributed by atoms with Crippen molar-refractivity contribution in [1.29, 1.82) is 0 Å². The molecule has 3 aromatic rings. The normalized spacial score (nSPS) is 17.9. The molecule has 0 aliphatic carbocycles. The lowest BCUT2D eigenvalue weighted by molar-refractivity contribution is 0.173.